The minimum atomic E-state index is -0.458. The van der Waals surface area contributed by atoms with E-state index in [1.54, 1.807) is 35.2 Å². The molecule has 0 saturated carbocycles. The van der Waals surface area contributed by atoms with Gasteiger partial charge in [0.2, 0.25) is 29.5 Å². The number of anilines is 1. The van der Waals surface area contributed by atoms with Gasteiger partial charge in [-0.3, -0.25) is 103 Å². The molecule has 1 aromatic carbocycles. The van der Waals surface area contributed by atoms with Crippen LogP contribution in [0.25, 0.3) is 55.8 Å². The fourth-order valence-electron chi connectivity index (χ4n) is 15.9. The first-order valence-electron chi connectivity index (χ1n) is 47.1. The van der Waals surface area contributed by atoms with Crippen LogP contribution < -0.4 is 93.5 Å². The first-order valence-corrected chi connectivity index (χ1v) is 47.1. The number of nitrogens with two attached hydrogens (primary N) is 1. The Bertz CT molecular complexity index is 6400. The molecule has 7 N–H and O–H groups in total. The Labute approximate surface area is 795 Å². The summed E-state index contributed by atoms with van der Waals surface area (Å²) in [7, 11) is 14.8. The Kier molecular flexibility index (Phi) is 41.0. The van der Waals surface area contributed by atoms with Gasteiger partial charge in [0.1, 0.15) is 32.7 Å². The maximum absolute atomic E-state index is 12.4. The average molecular weight is 1930 g/mol. The smallest absolute Gasteiger partial charge is 0.332 e. The van der Waals surface area contributed by atoms with Crippen LogP contribution in [0.2, 0.25) is 0 Å². The fraction of sp³-hybridized carbons (Fsp3) is 0.593. The number of imidazole rings is 5. The molecule has 0 aliphatic carbocycles. The SMILES string of the molecule is CCC(C)C(N)C(=O)Cc1ccc(N2CCOCC2)cc1.CCCCCNC(=O)Cn1cnc2c1c(=O)n(C)c(=O)n2C.CCCCCNC(=O)Cn1cnc2c1c(=O)n(C)c(=O)n2C.CCCCNC(=O)Cn1cnc2c1c(=O)n(C)c(=O)n2C.Cn1c(=O)c2c(ncn2CC(=O)NCCCN2CCCCC2)n(C)c1=O.Cn1c(=O)c2c(ncn2CC(=O)NCCCN2CCOCC2)n(C)c1=O. The molecule has 5 amide bonds. The summed E-state index contributed by atoms with van der Waals surface area (Å²) < 4.78 is 29.6. The Balaban J connectivity index is 0.000000186. The van der Waals surface area contributed by atoms with E-state index in [4.69, 9.17) is 15.2 Å². The number of Topliss-reactive ketones (excluding diaryl/α,β-unsaturated/α-hetero) is 1. The molecule has 3 aliphatic heterocycles. The summed E-state index contributed by atoms with van der Waals surface area (Å²) in [6.07, 6.45) is 22.1. The highest BCUT2D eigenvalue weighted by atomic mass is 16.5. The molecular weight excluding hydrogens is 1790 g/mol. The van der Waals surface area contributed by atoms with E-state index in [9.17, 15) is 76.7 Å². The number of ether oxygens (including phenoxy) is 2. The number of fused-ring (bicyclic) bond motifs is 5. The highest BCUT2D eigenvalue weighted by molar-refractivity contribution is 5.86. The molecule has 754 valence electrons. The molecule has 0 radical (unpaired) electrons. The summed E-state index contributed by atoms with van der Waals surface area (Å²) in [5.41, 5.74) is 6.47. The molecule has 47 nitrogen and oxygen atoms in total. The van der Waals surface area contributed by atoms with Gasteiger partial charge in [-0.05, 0) is 94.7 Å². The third kappa shape index (κ3) is 28.0. The molecule has 2 unspecified atom stereocenters. The lowest BCUT2D eigenvalue weighted by molar-refractivity contribution is -0.122. The lowest BCUT2D eigenvalue weighted by Gasteiger charge is -2.29. The van der Waals surface area contributed by atoms with E-state index in [0.29, 0.717) is 39.1 Å². The number of carbonyl (C=O) groups excluding carboxylic acids is 6. The zero-order valence-corrected chi connectivity index (χ0v) is 82.2. The Morgan fingerprint density at radius 1 is 0.348 bits per heavy atom. The van der Waals surface area contributed by atoms with Crippen molar-refractivity contribution in [2.75, 3.05) is 116 Å². The number of amides is 5. The quantitative estimate of drug-likeness (QED) is 0.0247. The van der Waals surface area contributed by atoms with Gasteiger partial charge in [-0.1, -0.05) is 91.7 Å². The monoisotopic (exact) mass is 1920 g/mol. The van der Waals surface area contributed by atoms with Crippen LogP contribution >= 0.6 is 0 Å². The normalized spacial score (nSPS) is 13.8. The molecule has 3 saturated heterocycles. The van der Waals surface area contributed by atoms with Crippen LogP contribution in [0, 0.1) is 5.92 Å². The van der Waals surface area contributed by atoms with E-state index >= 15 is 0 Å². The molecule has 2 atom stereocenters. The van der Waals surface area contributed by atoms with Gasteiger partial charge in [-0.25, -0.2) is 48.9 Å². The third-order valence-corrected chi connectivity index (χ3v) is 24.5. The van der Waals surface area contributed by atoms with Crippen LogP contribution in [-0.2, 0) is 148 Å². The summed E-state index contributed by atoms with van der Waals surface area (Å²) in [6.45, 7) is 24.4. The van der Waals surface area contributed by atoms with Crippen molar-refractivity contribution in [2.24, 2.45) is 82.1 Å². The number of hydrogen-bond donors (Lipinski definition) is 6. The highest BCUT2D eigenvalue weighted by Crippen LogP contribution is 2.20. The molecule has 3 fully saturated rings. The molecule has 0 spiro atoms. The Morgan fingerprint density at radius 3 is 0.899 bits per heavy atom. The number of rotatable bonds is 35. The number of carbonyl (C=O) groups is 6. The number of aromatic nitrogens is 20. The minimum Gasteiger partial charge on any atom is -0.379 e. The lowest BCUT2D eigenvalue weighted by Crippen LogP contribution is -2.39. The van der Waals surface area contributed by atoms with E-state index in [-0.39, 0.29) is 136 Å². The predicted octanol–water partition coefficient (Wildman–Crippen LogP) is -1.46. The molecule has 138 heavy (non-hydrogen) atoms. The summed E-state index contributed by atoms with van der Waals surface area (Å²) in [5.74, 6) is -0.522. The van der Waals surface area contributed by atoms with Crippen LogP contribution in [0.1, 0.15) is 130 Å². The van der Waals surface area contributed by atoms with E-state index < -0.39 is 56.2 Å². The molecule has 11 aromatic rings. The van der Waals surface area contributed by atoms with Crippen molar-refractivity contribution in [3.05, 3.63) is 166 Å². The topological polar surface area (TPSA) is 526 Å². The number of ketones is 1. The summed E-state index contributed by atoms with van der Waals surface area (Å²) in [5, 5.41) is 14.2. The Hall–Kier alpha value is -13.4. The van der Waals surface area contributed by atoms with Crippen molar-refractivity contribution in [3.8, 4) is 0 Å². The maximum atomic E-state index is 12.4. The zero-order valence-electron chi connectivity index (χ0n) is 82.2. The van der Waals surface area contributed by atoms with Crippen molar-refractivity contribution >= 4 is 96.8 Å². The standard InChI is InChI=1S/C17H26N6O3.C17H26N2O2.C16H24N6O4.2C14H21N5O3.C13H19N5O3/c1-20-15-14(16(25)21(2)17(20)26)23(12-19-15)11-13(24)18-7-6-10-22-8-4-3-5-9-22;1-3-13(2)17(18)16(20)12-14-4-6-15(7-5-14)19-8-10-21-11-9-19;1-19-14-13(15(24)20(2)16(19)25)22(11-18-14)10-12(23)17-4-3-5-21-6-8-26-9-7-21;2*1-4-5-6-7-15-10(20)8-19-9-16-12-11(19)13(21)18(3)14(22)17(12)2;1-4-5-6-14-9(19)7-18-8-15-11-10(18)12(20)17(3)13(21)16(11)2/h12H,3-11H2,1-2H3,(H,18,24);4-7,13,17H,3,8-12,18H2,1-2H3;11H,3-10H2,1-2H3,(H,17,23);2*9H,4-8H2,1-3H3,(H,15,20);8H,4-7H2,1-3H3,(H,14,19). The lowest BCUT2D eigenvalue weighted by atomic mass is 9.93. The first-order chi connectivity index (χ1) is 66.0. The maximum Gasteiger partial charge on any atom is 0.332 e. The van der Waals surface area contributed by atoms with Crippen LogP contribution in [0.3, 0.4) is 0 Å². The minimum absolute atomic E-state index is 0.00760. The average Bonchev–Trinajstić information content (AvgIpc) is 1.62. The van der Waals surface area contributed by atoms with E-state index in [1.165, 1.54) is 137 Å². The van der Waals surface area contributed by atoms with E-state index in [0.717, 1.165) is 178 Å². The number of nitrogens with one attached hydrogen (secondary N) is 5. The van der Waals surface area contributed by atoms with Gasteiger partial charge in [-0.15, -0.1) is 0 Å². The predicted molar refractivity (Wildman–Crippen MR) is 522 cm³/mol. The van der Waals surface area contributed by atoms with Gasteiger partial charge < -0.3 is 74.4 Å². The Morgan fingerprint density at radius 2 is 0.616 bits per heavy atom. The van der Waals surface area contributed by atoms with Gasteiger partial charge in [0, 0.05) is 141 Å². The molecule has 3 aliphatic rings. The largest absolute Gasteiger partial charge is 0.379 e. The molecular formula is C91H137N29O18. The zero-order chi connectivity index (χ0) is 101. The summed E-state index contributed by atoms with van der Waals surface area (Å²) in [4.78, 5) is 220. The van der Waals surface area contributed by atoms with Gasteiger partial charge in [-0.2, -0.15) is 0 Å². The van der Waals surface area contributed by atoms with Crippen molar-refractivity contribution in [3.63, 3.8) is 0 Å². The first kappa shape index (κ1) is 108. The van der Waals surface area contributed by atoms with Crippen LogP contribution in [0.15, 0.2) is 104 Å². The number of hydrogen-bond acceptors (Lipinski definition) is 27. The molecule has 14 rings (SSSR count). The van der Waals surface area contributed by atoms with Gasteiger partial charge in [0.05, 0.1) is 64.1 Å². The van der Waals surface area contributed by atoms with Gasteiger partial charge >= 0.3 is 28.4 Å². The number of nitrogens with zero attached hydrogens (tertiary/aromatic N) is 23. The van der Waals surface area contributed by atoms with Gasteiger partial charge in [0.15, 0.2) is 61.6 Å². The molecule has 10 aromatic heterocycles. The molecule has 0 bridgehead atoms. The third-order valence-electron chi connectivity index (χ3n) is 24.5. The van der Waals surface area contributed by atoms with Gasteiger partial charge in [0.25, 0.3) is 27.8 Å². The van der Waals surface area contributed by atoms with Crippen molar-refractivity contribution in [2.45, 2.75) is 170 Å². The highest BCUT2D eigenvalue weighted by Gasteiger charge is 2.25. The summed E-state index contributed by atoms with van der Waals surface area (Å²) >= 11 is 0. The second kappa shape index (κ2) is 52.2. The van der Waals surface area contributed by atoms with Crippen LogP contribution in [-0.4, -0.2) is 256 Å². The number of unbranched alkanes of at least 4 members (excludes halogenated alkanes) is 5. The summed E-state index contributed by atoms with van der Waals surface area (Å²) in [6, 6.07) is 7.89. The number of likely N-dealkylation sites (tertiary alicyclic amines) is 1. The fourth-order valence-corrected chi connectivity index (χ4v) is 15.9. The second-order valence-electron chi connectivity index (χ2n) is 34.7. The number of aryl methyl sites for hydroxylation is 5. The molecule has 47 heteroatoms. The number of morpholine rings is 2. The van der Waals surface area contributed by atoms with Crippen molar-refractivity contribution < 1.29 is 38.2 Å². The number of benzene rings is 1. The molecule has 13 heterocycles. The van der Waals surface area contributed by atoms with Crippen molar-refractivity contribution in [1.29, 1.82) is 0 Å². The van der Waals surface area contributed by atoms with Crippen molar-refractivity contribution in [1.82, 2.24) is 130 Å². The van der Waals surface area contributed by atoms with E-state index in [1.807, 2.05) is 26.0 Å². The number of piperidine rings is 1. The second-order valence-corrected chi connectivity index (χ2v) is 34.7. The van der Waals surface area contributed by atoms with Crippen LogP contribution in [0.4, 0.5) is 5.69 Å². The van der Waals surface area contributed by atoms with E-state index in [2.05, 4.69) is 99.1 Å². The van der Waals surface area contributed by atoms with Crippen LogP contribution in [0.5, 0.6) is 0 Å².